The van der Waals surface area contributed by atoms with Crippen LogP contribution in [0.4, 0.5) is 0 Å². The zero-order valence-electron chi connectivity index (χ0n) is 32.6. The lowest BCUT2D eigenvalue weighted by molar-refractivity contribution is 1.46. The molecule has 0 spiro atoms. The average Bonchev–Trinajstić information content (AvgIpc) is 3.91. The number of hydrogen-bond donors (Lipinski definition) is 2. The molecule has 0 atom stereocenters. The van der Waals surface area contributed by atoms with E-state index in [0.717, 1.165) is 16.7 Å². The van der Waals surface area contributed by atoms with E-state index in [-0.39, 0.29) is 0 Å². The maximum atomic E-state index is 8.46. The van der Waals surface area contributed by atoms with Gasteiger partial charge in [0.15, 0.2) is 0 Å². The number of thiophene rings is 2. The summed E-state index contributed by atoms with van der Waals surface area (Å²) in [6, 6.07) is 74.2. The second kappa shape index (κ2) is 16.2. The Morgan fingerprint density at radius 1 is 0.350 bits per heavy atom. The van der Waals surface area contributed by atoms with Crippen LogP contribution >= 0.6 is 22.7 Å². The predicted molar refractivity (Wildman–Crippen MR) is 261 cm³/mol. The first kappa shape index (κ1) is 37.1. The lowest BCUT2D eigenvalue weighted by atomic mass is 9.89. The van der Waals surface area contributed by atoms with E-state index in [1.807, 2.05) is 53.8 Å². The van der Waals surface area contributed by atoms with Crippen molar-refractivity contribution in [3.05, 3.63) is 229 Å². The third-order valence-corrected chi connectivity index (χ3v) is 13.4. The van der Waals surface area contributed by atoms with Gasteiger partial charge in [0.05, 0.1) is 5.71 Å². The summed E-state index contributed by atoms with van der Waals surface area (Å²) in [5.41, 5.74) is 13.2. The van der Waals surface area contributed by atoms with Crippen LogP contribution in [0.25, 0.3) is 84.9 Å². The second-order valence-electron chi connectivity index (χ2n) is 14.7. The predicted octanol–water partition coefficient (Wildman–Crippen LogP) is 16.2. The van der Waals surface area contributed by atoms with Gasteiger partial charge in [0.25, 0.3) is 0 Å². The Morgan fingerprint density at radius 2 is 0.833 bits per heavy atom. The highest BCUT2D eigenvalue weighted by molar-refractivity contribution is 7.26. The van der Waals surface area contributed by atoms with Crippen molar-refractivity contribution in [3.63, 3.8) is 0 Å². The highest BCUT2D eigenvalue weighted by atomic mass is 32.1. The standard InChI is InChI=1S/C31H21NS.C25H17NS/c32-20-23-11-8-16-30-31(23)28-19-22(17-18-29(28)33-30)25-13-5-7-15-27(25)26-14-6-4-12-24(26)21-9-2-1-3-10-21;26-25(18-7-2-1-3-8-18)19-15-13-17(14-16-19)20-10-6-12-23-24(20)21-9-4-5-11-22(21)27-23/h1-20,32H;1-16,26H. The fourth-order valence-corrected chi connectivity index (χ4v) is 10.6. The van der Waals surface area contributed by atoms with Crippen molar-refractivity contribution in [1.29, 1.82) is 10.8 Å². The SMILES string of the molecule is N=C(c1ccccc1)c1ccc(-c2cccc3sc4ccccc4c23)cc1.N=Cc1cccc2sc3ccc(-c4ccccc4-c4ccccc4-c4ccccc4)cc3c12. The Kier molecular flexibility index (Phi) is 10.00. The summed E-state index contributed by atoms with van der Waals surface area (Å²) in [6.45, 7) is 0. The molecular formula is C56H38N2S2. The summed E-state index contributed by atoms with van der Waals surface area (Å²) in [6.07, 6.45) is 1.46. The van der Waals surface area contributed by atoms with E-state index in [2.05, 4.69) is 170 Å². The van der Waals surface area contributed by atoms with Crippen molar-refractivity contribution in [2.75, 3.05) is 0 Å². The maximum absolute atomic E-state index is 8.46. The molecule has 9 aromatic carbocycles. The molecule has 0 saturated carbocycles. The molecule has 11 rings (SSSR count). The van der Waals surface area contributed by atoms with Crippen LogP contribution in [0.5, 0.6) is 0 Å². The van der Waals surface area contributed by atoms with Crippen LogP contribution in [0.1, 0.15) is 16.7 Å². The molecule has 0 unspecified atom stereocenters. The molecule has 2 N–H and O–H groups in total. The Labute approximate surface area is 357 Å². The van der Waals surface area contributed by atoms with Gasteiger partial charge in [-0.15, -0.1) is 22.7 Å². The van der Waals surface area contributed by atoms with Crippen LogP contribution in [0.3, 0.4) is 0 Å². The van der Waals surface area contributed by atoms with Crippen LogP contribution in [-0.2, 0) is 0 Å². The zero-order valence-corrected chi connectivity index (χ0v) is 34.2. The summed E-state index contributed by atoms with van der Waals surface area (Å²) in [4.78, 5) is 0. The van der Waals surface area contributed by atoms with E-state index in [1.54, 1.807) is 11.3 Å². The first-order valence-corrected chi connectivity index (χ1v) is 21.6. The Balaban J connectivity index is 0.000000147. The molecule has 0 saturated heterocycles. The van der Waals surface area contributed by atoms with Gasteiger partial charge in [-0.2, -0.15) is 0 Å². The van der Waals surface area contributed by atoms with E-state index in [9.17, 15) is 0 Å². The molecule has 0 aliphatic heterocycles. The Bertz CT molecular complexity index is 3340. The molecule has 0 aliphatic rings. The molecule has 284 valence electrons. The van der Waals surface area contributed by atoms with Gasteiger partial charge in [0.2, 0.25) is 0 Å². The summed E-state index contributed by atoms with van der Waals surface area (Å²) in [5.74, 6) is 0. The van der Waals surface area contributed by atoms with Gasteiger partial charge in [-0.1, -0.05) is 182 Å². The molecular weight excluding hydrogens is 765 g/mol. The second-order valence-corrected chi connectivity index (χ2v) is 16.9. The molecule has 60 heavy (non-hydrogen) atoms. The smallest absolute Gasteiger partial charge is 0.0684 e. The normalized spacial score (nSPS) is 11.1. The summed E-state index contributed by atoms with van der Waals surface area (Å²) in [5, 5.41) is 21.4. The topological polar surface area (TPSA) is 47.7 Å². The first-order valence-electron chi connectivity index (χ1n) is 20.0. The van der Waals surface area contributed by atoms with E-state index >= 15 is 0 Å². The van der Waals surface area contributed by atoms with Gasteiger partial charge in [0.1, 0.15) is 0 Å². The average molecular weight is 803 g/mol. The van der Waals surface area contributed by atoms with Crippen LogP contribution in [0.2, 0.25) is 0 Å². The lowest BCUT2D eigenvalue weighted by Crippen LogP contribution is -2.00. The van der Waals surface area contributed by atoms with Gasteiger partial charge in [-0.3, -0.25) is 5.41 Å². The highest BCUT2D eigenvalue weighted by Crippen LogP contribution is 2.43. The minimum Gasteiger partial charge on any atom is -0.308 e. The summed E-state index contributed by atoms with van der Waals surface area (Å²) < 4.78 is 5.12. The maximum Gasteiger partial charge on any atom is 0.0684 e. The largest absolute Gasteiger partial charge is 0.308 e. The van der Waals surface area contributed by atoms with E-state index in [4.69, 9.17) is 10.8 Å². The summed E-state index contributed by atoms with van der Waals surface area (Å²) >= 11 is 3.63. The minimum atomic E-state index is 0.557. The summed E-state index contributed by atoms with van der Waals surface area (Å²) in [7, 11) is 0. The van der Waals surface area contributed by atoms with Crippen molar-refractivity contribution < 1.29 is 0 Å². The van der Waals surface area contributed by atoms with Crippen molar-refractivity contribution in [1.82, 2.24) is 0 Å². The van der Waals surface area contributed by atoms with Crippen LogP contribution in [-0.4, -0.2) is 11.9 Å². The third kappa shape index (κ3) is 6.92. The fourth-order valence-electron chi connectivity index (χ4n) is 8.30. The molecule has 2 nitrogen and oxygen atoms in total. The minimum absolute atomic E-state index is 0.557. The Hall–Kier alpha value is -7.24. The van der Waals surface area contributed by atoms with Crippen molar-refractivity contribution >= 4 is 74.9 Å². The molecule has 0 aliphatic carbocycles. The van der Waals surface area contributed by atoms with Crippen molar-refractivity contribution in [3.8, 4) is 44.5 Å². The molecule has 0 fully saturated rings. The van der Waals surface area contributed by atoms with Gasteiger partial charge in [-0.25, -0.2) is 0 Å². The van der Waals surface area contributed by atoms with Crippen LogP contribution in [0.15, 0.2) is 212 Å². The lowest BCUT2D eigenvalue weighted by Gasteiger charge is -2.15. The van der Waals surface area contributed by atoms with Crippen molar-refractivity contribution in [2.24, 2.45) is 0 Å². The molecule has 11 aromatic rings. The quantitative estimate of drug-likeness (QED) is 0.151. The van der Waals surface area contributed by atoms with E-state index < -0.39 is 0 Å². The highest BCUT2D eigenvalue weighted by Gasteiger charge is 2.15. The molecule has 0 bridgehead atoms. The molecule has 2 heterocycles. The number of rotatable bonds is 7. The zero-order chi connectivity index (χ0) is 40.4. The fraction of sp³-hybridized carbons (Fsp3) is 0. The Morgan fingerprint density at radius 3 is 1.53 bits per heavy atom. The van der Waals surface area contributed by atoms with E-state index in [0.29, 0.717) is 5.71 Å². The number of nitrogens with one attached hydrogen (secondary N) is 2. The van der Waals surface area contributed by atoms with Crippen LogP contribution in [0, 0.1) is 10.8 Å². The van der Waals surface area contributed by atoms with Gasteiger partial charge in [0, 0.05) is 57.7 Å². The van der Waals surface area contributed by atoms with E-state index in [1.165, 1.54) is 91.1 Å². The van der Waals surface area contributed by atoms with Crippen LogP contribution < -0.4 is 0 Å². The molecule has 4 heteroatoms. The molecule has 0 radical (unpaired) electrons. The molecule has 0 amide bonds. The van der Waals surface area contributed by atoms with Gasteiger partial charge >= 0.3 is 0 Å². The monoisotopic (exact) mass is 802 g/mol. The third-order valence-electron chi connectivity index (χ3n) is 11.2. The van der Waals surface area contributed by atoms with Crippen molar-refractivity contribution in [2.45, 2.75) is 0 Å². The number of hydrogen-bond acceptors (Lipinski definition) is 4. The first-order chi connectivity index (χ1) is 29.6. The molecule has 2 aromatic heterocycles. The van der Waals surface area contributed by atoms with Gasteiger partial charge in [-0.05, 0) is 80.4 Å². The number of benzene rings is 9. The van der Waals surface area contributed by atoms with Gasteiger partial charge < -0.3 is 5.41 Å². The number of fused-ring (bicyclic) bond motifs is 6.